The van der Waals surface area contributed by atoms with Crippen molar-refractivity contribution in [2.45, 2.75) is 25.7 Å². The van der Waals surface area contributed by atoms with Crippen LogP contribution in [0.3, 0.4) is 0 Å². The highest BCUT2D eigenvalue weighted by Gasteiger charge is 2.25. The molecule has 0 saturated carbocycles. The average molecular weight is 562 g/mol. The van der Waals surface area contributed by atoms with E-state index in [1.54, 1.807) is 20.8 Å². The van der Waals surface area contributed by atoms with Crippen molar-refractivity contribution in [2.75, 3.05) is 17.1 Å². The molecule has 0 aliphatic heterocycles. The Kier molecular flexibility index (Phi) is 7.22. The Morgan fingerprint density at radius 1 is 1.05 bits per heavy atom. The number of nitrogens with one attached hydrogen (secondary N) is 2. The van der Waals surface area contributed by atoms with Gasteiger partial charge in [0.05, 0.1) is 28.9 Å². The van der Waals surface area contributed by atoms with Gasteiger partial charge in [0, 0.05) is 23.2 Å². The van der Waals surface area contributed by atoms with Crippen molar-refractivity contribution < 1.29 is 26.7 Å². The highest BCUT2D eigenvalue weighted by Crippen LogP contribution is 2.34. The smallest absolute Gasteiger partial charge is 0.267 e. The maximum Gasteiger partial charge on any atom is 0.267 e. The number of anilines is 2. The summed E-state index contributed by atoms with van der Waals surface area (Å²) in [4.78, 5) is 24.0. The summed E-state index contributed by atoms with van der Waals surface area (Å²) in [6.07, 6.45) is 2.60. The predicted octanol–water partition coefficient (Wildman–Crippen LogP) is 5.42. The van der Waals surface area contributed by atoms with Gasteiger partial charge < -0.3 is 4.74 Å². The van der Waals surface area contributed by atoms with Crippen LogP contribution in [0, 0.1) is 17.0 Å². The molecule has 13 heteroatoms. The van der Waals surface area contributed by atoms with Crippen LogP contribution in [0.25, 0.3) is 22.0 Å². The van der Waals surface area contributed by atoms with E-state index < -0.39 is 43.2 Å². The lowest BCUT2D eigenvalue weighted by Crippen LogP contribution is -2.28. The number of halogens is 3. The molecule has 2 aromatic carbocycles. The molecular formula is C25H22ClF2N5O4S. The van der Waals surface area contributed by atoms with Crippen molar-refractivity contribution in [3.8, 4) is 17.0 Å². The van der Waals surface area contributed by atoms with Crippen molar-refractivity contribution in [1.82, 2.24) is 15.0 Å². The minimum atomic E-state index is -4.41. The Labute approximate surface area is 222 Å². The number of methoxy groups -OCH3 is 1. The Morgan fingerprint density at radius 2 is 1.79 bits per heavy atom. The number of sulfonamides is 1. The zero-order valence-corrected chi connectivity index (χ0v) is 22.2. The quantitative estimate of drug-likeness (QED) is 0.322. The number of nitrogens with zero attached hydrogens (tertiary/aromatic N) is 3. The number of ether oxygens (including phenoxy) is 1. The fourth-order valence-electron chi connectivity index (χ4n) is 3.39. The number of amides is 1. The van der Waals surface area contributed by atoms with Gasteiger partial charge in [0.15, 0.2) is 10.7 Å². The molecule has 0 aliphatic rings. The molecule has 0 fully saturated rings. The van der Waals surface area contributed by atoms with E-state index in [1.165, 1.54) is 37.7 Å². The van der Waals surface area contributed by atoms with Crippen LogP contribution in [-0.4, -0.2) is 36.4 Å². The second-order valence-electron chi connectivity index (χ2n) is 9.22. The normalized spacial score (nSPS) is 11.9. The molecule has 0 spiro atoms. The molecule has 9 nitrogen and oxygen atoms in total. The van der Waals surface area contributed by atoms with Gasteiger partial charge in [0.25, 0.3) is 10.0 Å². The number of benzene rings is 2. The zero-order chi connectivity index (χ0) is 27.8. The van der Waals surface area contributed by atoms with Gasteiger partial charge in [-0.1, -0.05) is 38.4 Å². The van der Waals surface area contributed by atoms with E-state index in [0.29, 0.717) is 10.9 Å². The molecule has 0 radical (unpaired) electrons. The second-order valence-corrected chi connectivity index (χ2v) is 11.3. The van der Waals surface area contributed by atoms with Crippen molar-refractivity contribution in [3.63, 3.8) is 0 Å². The third-order valence-electron chi connectivity index (χ3n) is 5.38. The summed E-state index contributed by atoms with van der Waals surface area (Å²) in [6.45, 7) is 5.24. The molecule has 2 aromatic heterocycles. The van der Waals surface area contributed by atoms with Crippen LogP contribution in [0.5, 0.6) is 5.88 Å². The fraction of sp³-hybridized carbons (Fsp3) is 0.200. The van der Waals surface area contributed by atoms with E-state index in [9.17, 15) is 17.6 Å². The lowest BCUT2D eigenvalue weighted by atomic mass is 9.96. The predicted molar refractivity (Wildman–Crippen MR) is 140 cm³/mol. The molecular weight excluding hydrogens is 540 g/mol. The first-order valence-corrected chi connectivity index (χ1v) is 13.0. The van der Waals surface area contributed by atoms with Crippen LogP contribution in [0.4, 0.5) is 20.4 Å². The maximum absolute atomic E-state index is 15.5. The van der Waals surface area contributed by atoms with Crippen LogP contribution < -0.4 is 14.8 Å². The monoisotopic (exact) mass is 561 g/mol. The van der Waals surface area contributed by atoms with Crippen LogP contribution in [0.15, 0.2) is 53.7 Å². The summed E-state index contributed by atoms with van der Waals surface area (Å²) >= 11 is 5.88. The second kappa shape index (κ2) is 10.1. The summed E-state index contributed by atoms with van der Waals surface area (Å²) in [5.74, 6) is -2.50. The first kappa shape index (κ1) is 27.1. The number of fused-ring (bicyclic) bond motifs is 1. The van der Waals surface area contributed by atoms with Crippen molar-refractivity contribution in [1.29, 1.82) is 0 Å². The summed E-state index contributed by atoms with van der Waals surface area (Å²) in [6, 6.07) is 7.39. The van der Waals surface area contributed by atoms with E-state index >= 15 is 4.39 Å². The number of aromatic nitrogens is 3. The van der Waals surface area contributed by atoms with Crippen molar-refractivity contribution in [3.05, 3.63) is 65.4 Å². The van der Waals surface area contributed by atoms with Gasteiger partial charge in [-0.15, -0.1) is 0 Å². The van der Waals surface area contributed by atoms with Crippen LogP contribution in [0.2, 0.25) is 5.02 Å². The van der Waals surface area contributed by atoms with Gasteiger partial charge in [-0.2, -0.15) is 0 Å². The van der Waals surface area contributed by atoms with Crippen LogP contribution >= 0.6 is 11.6 Å². The zero-order valence-electron chi connectivity index (χ0n) is 20.6. The molecule has 2 heterocycles. The molecule has 0 unspecified atom stereocenters. The van der Waals surface area contributed by atoms with E-state index in [-0.39, 0.29) is 28.3 Å². The molecule has 0 saturated heterocycles. The molecule has 2 N–H and O–H groups in total. The summed E-state index contributed by atoms with van der Waals surface area (Å²) in [7, 11) is -3.19. The molecule has 198 valence electrons. The van der Waals surface area contributed by atoms with Gasteiger partial charge in [0.1, 0.15) is 5.82 Å². The molecule has 0 atom stereocenters. The molecule has 4 aromatic rings. The van der Waals surface area contributed by atoms with Crippen molar-refractivity contribution >= 4 is 50.1 Å². The first-order chi connectivity index (χ1) is 17.8. The highest BCUT2D eigenvalue weighted by atomic mass is 35.5. The van der Waals surface area contributed by atoms with Gasteiger partial charge in [0.2, 0.25) is 17.7 Å². The summed E-state index contributed by atoms with van der Waals surface area (Å²) in [5.41, 5.74) is -1.08. The Morgan fingerprint density at radius 3 is 2.47 bits per heavy atom. The van der Waals surface area contributed by atoms with Gasteiger partial charge in [-0.25, -0.2) is 32.2 Å². The van der Waals surface area contributed by atoms with E-state index in [2.05, 4.69) is 25.0 Å². The SMILES string of the molecule is COc1ncc(Cl)cc1S(=O)(=O)Nc1ccc(F)c(-c2ccc3nc(NC(=O)C(C)(C)C)ncc3c2)c1F. The van der Waals surface area contributed by atoms with Crippen molar-refractivity contribution in [2.24, 2.45) is 5.41 Å². The molecule has 1 amide bonds. The van der Waals surface area contributed by atoms with Gasteiger partial charge in [-0.3, -0.25) is 14.8 Å². The average Bonchev–Trinajstić information content (AvgIpc) is 2.85. The number of pyridine rings is 1. The minimum absolute atomic E-state index is 0.0194. The topological polar surface area (TPSA) is 123 Å². The van der Waals surface area contributed by atoms with Crippen LogP contribution in [0.1, 0.15) is 20.8 Å². The van der Waals surface area contributed by atoms with Gasteiger partial charge in [-0.05, 0) is 35.9 Å². The van der Waals surface area contributed by atoms with E-state index in [0.717, 1.165) is 18.2 Å². The Balaban J connectivity index is 1.70. The molecule has 0 bridgehead atoms. The standard InChI is InChI=1S/C25H22ClF2N5O4S/c1-25(2,3)23(34)32-24-30-11-14-9-13(5-7-17(14)31-24)20-16(27)6-8-18(21(20)28)33-38(35,36)19-10-15(26)12-29-22(19)37-4/h5-12,33H,1-4H3,(H,30,31,32,34). The molecule has 4 rings (SSSR count). The molecule has 0 aliphatic carbocycles. The third-order valence-corrected chi connectivity index (χ3v) is 6.95. The fourth-order valence-corrected chi connectivity index (χ4v) is 4.82. The highest BCUT2D eigenvalue weighted by molar-refractivity contribution is 7.92. The van der Waals surface area contributed by atoms with Gasteiger partial charge >= 0.3 is 0 Å². The largest absolute Gasteiger partial charge is 0.480 e. The summed E-state index contributed by atoms with van der Waals surface area (Å²) in [5, 5.41) is 3.08. The first-order valence-electron chi connectivity index (χ1n) is 11.1. The molecule has 38 heavy (non-hydrogen) atoms. The maximum atomic E-state index is 15.5. The summed E-state index contributed by atoms with van der Waals surface area (Å²) < 4.78 is 63.4. The lowest BCUT2D eigenvalue weighted by molar-refractivity contribution is -0.123. The third kappa shape index (κ3) is 5.50. The van der Waals surface area contributed by atoms with Crippen LogP contribution in [-0.2, 0) is 14.8 Å². The number of carbonyl (C=O) groups is 1. The Hall–Kier alpha value is -3.90. The lowest BCUT2D eigenvalue weighted by Gasteiger charge is -2.16. The minimum Gasteiger partial charge on any atom is -0.480 e. The Bertz CT molecular complexity index is 1680. The van der Waals surface area contributed by atoms with E-state index in [4.69, 9.17) is 16.3 Å². The number of hydrogen-bond acceptors (Lipinski definition) is 7. The number of carbonyl (C=O) groups excluding carboxylic acids is 1. The van der Waals surface area contributed by atoms with E-state index in [1.807, 2.05) is 0 Å². The number of rotatable bonds is 6. The number of hydrogen-bond donors (Lipinski definition) is 2.